The number of aromatic carboxylic acids is 1. The van der Waals surface area contributed by atoms with Crippen LogP contribution in [0.15, 0.2) is 29.4 Å². The van der Waals surface area contributed by atoms with Crippen molar-refractivity contribution in [3.8, 4) is 0 Å². The van der Waals surface area contributed by atoms with E-state index in [2.05, 4.69) is 15.3 Å². The molecule has 2 N–H and O–H groups in total. The van der Waals surface area contributed by atoms with Crippen LogP contribution in [0.2, 0.25) is 0 Å². The average molecular weight is 373 g/mol. The Balaban J connectivity index is 1.83. The van der Waals surface area contributed by atoms with E-state index in [1.807, 2.05) is 26.2 Å². The summed E-state index contributed by atoms with van der Waals surface area (Å²) in [6.45, 7) is 4.36. The first-order chi connectivity index (χ1) is 12.4. The van der Waals surface area contributed by atoms with Crippen LogP contribution in [-0.4, -0.2) is 39.8 Å². The van der Waals surface area contributed by atoms with Crippen molar-refractivity contribution in [3.63, 3.8) is 0 Å². The van der Waals surface area contributed by atoms with E-state index in [0.717, 1.165) is 27.7 Å². The van der Waals surface area contributed by atoms with Gasteiger partial charge in [-0.1, -0.05) is 23.9 Å². The third kappa shape index (κ3) is 5.56. The lowest BCUT2D eigenvalue weighted by molar-refractivity contribution is -0.121. The third-order valence-electron chi connectivity index (χ3n) is 4.09. The molecule has 0 fully saturated rings. The van der Waals surface area contributed by atoms with Crippen molar-refractivity contribution in [1.29, 1.82) is 0 Å². The summed E-state index contributed by atoms with van der Waals surface area (Å²) >= 11 is 1.50. The van der Waals surface area contributed by atoms with Crippen LogP contribution in [0.1, 0.15) is 39.3 Å². The highest BCUT2D eigenvalue weighted by molar-refractivity contribution is 7.98. The number of carbonyl (C=O) groups is 2. The Labute approximate surface area is 157 Å². The topological polar surface area (TPSA) is 92.2 Å². The van der Waals surface area contributed by atoms with E-state index in [0.29, 0.717) is 25.8 Å². The number of nitrogens with zero attached hydrogens (tertiary/aromatic N) is 2. The van der Waals surface area contributed by atoms with Crippen LogP contribution in [0.25, 0.3) is 0 Å². The third-order valence-corrected chi connectivity index (χ3v) is 4.64. The summed E-state index contributed by atoms with van der Waals surface area (Å²) in [5.74, 6) is -0.983. The quantitative estimate of drug-likeness (QED) is 0.546. The summed E-state index contributed by atoms with van der Waals surface area (Å²) in [5.41, 5.74) is 4.00. The van der Waals surface area contributed by atoms with E-state index < -0.39 is 5.97 Å². The minimum Gasteiger partial charge on any atom is -0.478 e. The SMILES string of the molecule is CSc1nc(C)c(CCC(=O)NCCc2cccc(C(=O)O)c2)c(C)n1. The molecule has 2 rings (SSSR count). The summed E-state index contributed by atoms with van der Waals surface area (Å²) in [7, 11) is 0. The first kappa shape index (κ1) is 19.9. The number of carboxylic acid groups (broad SMARTS) is 1. The Morgan fingerprint density at radius 1 is 1.15 bits per heavy atom. The van der Waals surface area contributed by atoms with Crippen LogP contribution >= 0.6 is 11.8 Å². The fraction of sp³-hybridized carbons (Fsp3) is 0.368. The molecule has 0 spiro atoms. The molecule has 2 aromatic rings. The molecule has 0 radical (unpaired) electrons. The molecule has 0 unspecified atom stereocenters. The fourth-order valence-electron chi connectivity index (χ4n) is 2.69. The highest BCUT2D eigenvalue weighted by atomic mass is 32.2. The second-order valence-corrected chi connectivity index (χ2v) is 6.74. The van der Waals surface area contributed by atoms with Crippen molar-refractivity contribution in [2.75, 3.05) is 12.8 Å². The molecule has 0 bridgehead atoms. The molecule has 138 valence electrons. The van der Waals surface area contributed by atoms with E-state index in [-0.39, 0.29) is 11.5 Å². The number of nitrogens with one attached hydrogen (secondary N) is 1. The van der Waals surface area contributed by atoms with Gasteiger partial charge in [0.1, 0.15) is 0 Å². The van der Waals surface area contributed by atoms with Gasteiger partial charge in [-0.2, -0.15) is 0 Å². The minimum absolute atomic E-state index is 0.0351. The van der Waals surface area contributed by atoms with Gasteiger partial charge >= 0.3 is 5.97 Å². The van der Waals surface area contributed by atoms with Gasteiger partial charge < -0.3 is 10.4 Å². The maximum Gasteiger partial charge on any atom is 0.335 e. The smallest absolute Gasteiger partial charge is 0.335 e. The van der Waals surface area contributed by atoms with Crippen LogP contribution in [0, 0.1) is 13.8 Å². The van der Waals surface area contributed by atoms with Crippen LogP contribution in [-0.2, 0) is 17.6 Å². The molecule has 1 heterocycles. The minimum atomic E-state index is -0.948. The Morgan fingerprint density at radius 2 is 1.85 bits per heavy atom. The van der Waals surface area contributed by atoms with Gasteiger partial charge in [0.05, 0.1) is 5.56 Å². The second-order valence-electron chi connectivity index (χ2n) is 5.97. The molecule has 0 saturated carbocycles. The van der Waals surface area contributed by atoms with Crippen LogP contribution in [0.5, 0.6) is 0 Å². The largest absolute Gasteiger partial charge is 0.478 e. The zero-order valence-corrected chi connectivity index (χ0v) is 16.0. The number of benzene rings is 1. The highest BCUT2D eigenvalue weighted by Gasteiger charge is 2.10. The summed E-state index contributed by atoms with van der Waals surface area (Å²) in [6.07, 6.45) is 3.51. The normalized spacial score (nSPS) is 10.6. The Kier molecular flexibility index (Phi) is 7.15. The Hall–Kier alpha value is -2.41. The van der Waals surface area contributed by atoms with E-state index in [1.165, 1.54) is 11.8 Å². The number of aryl methyl sites for hydroxylation is 2. The number of carbonyl (C=O) groups excluding carboxylic acids is 1. The van der Waals surface area contributed by atoms with Crippen molar-refractivity contribution < 1.29 is 14.7 Å². The number of amides is 1. The zero-order valence-electron chi connectivity index (χ0n) is 15.2. The maximum absolute atomic E-state index is 12.1. The average Bonchev–Trinajstić information content (AvgIpc) is 2.61. The van der Waals surface area contributed by atoms with Gasteiger partial charge in [0, 0.05) is 24.4 Å². The van der Waals surface area contributed by atoms with Gasteiger partial charge in [-0.25, -0.2) is 14.8 Å². The Bertz CT molecular complexity index is 785. The molecule has 1 aromatic carbocycles. The Morgan fingerprint density at radius 3 is 2.46 bits per heavy atom. The summed E-state index contributed by atoms with van der Waals surface area (Å²) in [4.78, 5) is 31.9. The molecule has 0 aliphatic carbocycles. The van der Waals surface area contributed by atoms with E-state index >= 15 is 0 Å². The van der Waals surface area contributed by atoms with E-state index in [9.17, 15) is 9.59 Å². The summed E-state index contributed by atoms with van der Waals surface area (Å²) < 4.78 is 0. The maximum atomic E-state index is 12.1. The van der Waals surface area contributed by atoms with E-state index in [1.54, 1.807) is 18.2 Å². The lowest BCUT2D eigenvalue weighted by Gasteiger charge is -2.10. The monoisotopic (exact) mass is 373 g/mol. The van der Waals surface area contributed by atoms with Crippen LogP contribution in [0.3, 0.4) is 0 Å². The zero-order chi connectivity index (χ0) is 19.1. The molecule has 6 nitrogen and oxygen atoms in total. The molecule has 0 aliphatic heterocycles. The molecule has 7 heteroatoms. The lowest BCUT2D eigenvalue weighted by Crippen LogP contribution is -2.26. The second kappa shape index (κ2) is 9.33. The number of thioether (sulfide) groups is 1. The predicted octanol–water partition coefficient (Wildman–Crippen LogP) is 2.81. The molecule has 26 heavy (non-hydrogen) atoms. The number of rotatable bonds is 8. The molecule has 1 amide bonds. The van der Waals surface area contributed by atoms with Crippen molar-refractivity contribution >= 4 is 23.6 Å². The van der Waals surface area contributed by atoms with Gasteiger partial charge in [0.25, 0.3) is 0 Å². The number of hydrogen-bond acceptors (Lipinski definition) is 5. The fourth-order valence-corrected chi connectivity index (χ4v) is 3.15. The summed E-state index contributed by atoms with van der Waals surface area (Å²) in [6, 6.07) is 6.76. The van der Waals surface area contributed by atoms with Gasteiger partial charge in [-0.3, -0.25) is 4.79 Å². The first-order valence-corrected chi connectivity index (χ1v) is 9.60. The van der Waals surface area contributed by atoms with Gasteiger partial charge in [0.15, 0.2) is 5.16 Å². The molecule has 0 aliphatic rings. The van der Waals surface area contributed by atoms with Crippen molar-refractivity contribution in [1.82, 2.24) is 15.3 Å². The standard InChI is InChI=1S/C19H23N3O3S/c1-12-16(13(2)22-19(21-12)26-3)7-8-17(23)20-10-9-14-5-4-6-15(11-14)18(24)25/h4-6,11H,7-10H2,1-3H3,(H,20,23)(H,24,25). The molecular formula is C19H23N3O3S. The first-order valence-electron chi connectivity index (χ1n) is 8.37. The summed E-state index contributed by atoms with van der Waals surface area (Å²) in [5, 5.41) is 12.6. The van der Waals surface area contributed by atoms with Gasteiger partial charge in [0.2, 0.25) is 5.91 Å². The van der Waals surface area contributed by atoms with Crippen LogP contribution < -0.4 is 5.32 Å². The number of aromatic nitrogens is 2. The molecule has 0 atom stereocenters. The number of carboxylic acids is 1. The van der Waals surface area contributed by atoms with E-state index in [4.69, 9.17) is 5.11 Å². The lowest BCUT2D eigenvalue weighted by atomic mass is 10.1. The molecular weight excluding hydrogens is 350 g/mol. The van der Waals surface area contributed by atoms with Gasteiger partial charge in [-0.15, -0.1) is 0 Å². The molecule has 0 saturated heterocycles. The number of hydrogen-bond donors (Lipinski definition) is 2. The van der Waals surface area contributed by atoms with Crippen LogP contribution in [0.4, 0.5) is 0 Å². The van der Waals surface area contributed by atoms with Crippen molar-refractivity contribution in [3.05, 3.63) is 52.3 Å². The van der Waals surface area contributed by atoms with Crippen molar-refractivity contribution in [2.24, 2.45) is 0 Å². The molecule has 1 aromatic heterocycles. The van der Waals surface area contributed by atoms with Gasteiger partial charge in [-0.05, 0) is 56.2 Å². The highest BCUT2D eigenvalue weighted by Crippen LogP contribution is 2.17. The predicted molar refractivity (Wildman–Crippen MR) is 102 cm³/mol. The van der Waals surface area contributed by atoms with Crippen molar-refractivity contribution in [2.45, 2.75) is 38.3 Å².